The molecule has 0 radical (unpaired) electrons. The number of halogens is 1. The van der Waals surface area contributed by atoms with Crippen molar-refractivity contribution in [2.75, 3.05) is 38.2 Å². The Morgan fingerprint density at radius 1 is 1.21 bits per heavy atom. The number of hydrogen-bond donors (Lipinski definition) is 1. The van der Waals surface area contributed by atoms with Crippen LogP contribution >= 0.6 is 11.6 Å². The zero-order valence-corrected chi connectivity index (χ0v) is 14.1. The van der Waals surface area contributed by atoms with Gasteiger partial charge in [-0.05, 0) is 36.8 Å². The maximum Gasteiger partial charge on any atom is 0.254 e. The third-order valence-corrected chi connectivity index (χ3v) is 5.34. The highest BCUT2D eigenvalue weighted by Gasteiger charge is 2.44. The molecule has 1 amide bonds. The monoisotopic (exact) mass is 352 g/mol. The maximum absolute atomic E-state index is 12.5. The maximum atomic E-state index is 12.5. The van der Waals surface area contributed by atoms with Gasteiger partial charge in [-0.15, -0.1) is 10.2 Å². The largest absolute Gasteiger partial charge is 0.376 e. The molecule has 2 unspecified atom stereocenters. The molecule has 4 atom stereocenters. The molecule has 7 nitrogen and oxygen atoms in total. The quantitative estimate of drug-likeness (QED) is 0.880. The van der Waals surface area contributed by atoms with Crippen LogP contribution in [-0.4, -0.2) is 66.1 Å². The molecule has 1 N–H and O–H groups in total. The van der Waals surface area contributed by atoms with E-state index in [9.17, 15) is 4.79 Å². The van der Waals surface area contributed by atoms with Crippen molar-refractivity contribution in [3.05, 3.63) is 17.3 Å². The molecular formula is C16H21ClN4O3. The minimum absolute atomic E-state index is 0.0807. The summed E-state index contributed by atoms with van der Waals surface area (Å²) in [4.78, 5) is 14.5. The number of likely N-dealkylation sites (tertiary alicyclic amines) is 1. The third kappa shape index (κ3) is 3.34. The van der Waals surface area contributed by atoms with E-state index in [0.717, 1.165) is 31.7 Å². The minimum Gasteiger partial charge on any atom is -0.376 e. The van der Waals surface area contributed by atoms with E-state index in [4.69, 9.17) is 21.1 Å². The Kier molecular flexibility index (Phi) is 4.56. The summed E-state index contributed by atoms with van der Waals surface area (Å²) >= 11 is 5.76. The predicted octanol–water partition coefficient (Wildman–Crippen LogP) is 1.19. The van der Waals surface area contributed by atoms with Gasteiger partial charge < -0.3 is 19.7 Å². The average molecular weight is 353 g/mol. The minimum atomic E-state index is -0.421. The molecule has 1 aromatic heterocycles. The van der Waals surface area contributed by atoms with Gasteiger partial charge >= 0.3 is 0 Å². The summed E-state index contributed by atoms with van der Waals surface area (Å²) in [6.07, 6.45) is 1.66. The SMILES string of the molecule is O=C([C@@H]1COCCO1)N1CC2CC(Nc3ccc(Cl)nn3)C[C@@H]2C1. The second-order valence-corrected chi connectivity index (χ2v) is 7.14. The predicted molar refractivity (Wildman–Crippen MR) is 87.8 cm³/mol. The van der Waals surface area contributed by atoms with Crippen LogP contribution in [0, 0.1) is 11.8 Å². The van der Waals surface area contributed by atoms with E-state index < -0.39 is 6.10 Å². The number of aromatic nitrogens is 2. The lowest BCUT2D eigenvalue weighted by Crippen LogP contribution is -2.45. The topological polar surface area (TPSA) is 76.6 Å². The molecule has 1 aromatic rings. The fraction of sp³-hybridized carbons (Fsp3) is 0.688. The Labute approximate surface area is 145 Å². The molecule has 2 saturated heterocycles. The van der Waals surface area contributed by atoms with Crippen molar-refractivity contribution in [2.24, 2.45) is 11.8 Å². The first kappa shape index (κ1) is 16.1. The van der Waals surface area contributed by atoms with Crippen molar-refractivity contribution in [1.29, 1.82) is 0 Å². The molecule has 3 heterocycles. The Morgan fingerprint density at radius 2 is 2.00 bits per heavy atom. The van der Waals surface area contributed by atoms with Crippen LogP contribution in [0.3, 0.4) is 0 Å². The van der Waals surface area contributed by atoms with E-state index in [1.54, 1.807) is 6.07 Å². The van der Waals surface area contributed by atoms with Crippen LogP contribution in [0.2, 0.25) is 5.15 Å². The lowest BCUT2D eigenvalue weighted by atomic mass is 10.0. The Hall–Kier alpha value is -1.44. The molecule has 0 bridgehead atoms. The van der Waals surface area contributed by atoms with Gasteiger partial charge in [-0.1, -0.05) is 11.6 Å². The van der Waals surface area contributed by atoms with E-state index >= 15 is 0 Å². The zero-order valence-electron chi connectivity index (χ0n) is 13.4. The van der Waals surface area contributed by atoms with Crippen LogP contribution in [0.5, 0.6) is 0 Å². The Balaban J connectivity index is 1.30. The van der Waals surface area contributed by atoms with Gasteiger partial charge in [-0.2, -0.15) is 0 Å². The molecule has 3 fully saturated rings. The van der Waals surface area contributed by atoms with E-state index in [-0.39, 0.29) is 5.91 Å². The second kappa shape index (κ2) is 6.82. The van der Waals surface area contributed by atoms with Crippen LogP contribution < -0.4 is 5.32 Å². The van der Waals surface area contributed by atoms with Gasteiger partial charge in [0.25, 0.3) is 5.91 Å². The molecule has 1 saturated carbocycles. The van der Waals surface area contributed by atoms with E-state index in [0.29, 0.717) is 42.9 Å². The summed E-state index contributed by atoms with van der Waals surface area (Å²) in [5.41, 5.74) is 0. The van der Waals surface area contributed by atoms with Crippen LogP contribution in [0.25, 0.3) is 0 Å². The van der Waals surface area contributed by atoms with Gasteiger partial charge in [-0.3, -0.25) is 4.79 Å². The molecule has 130 valence electrons. The van der Waals surface area contributed by atoms with Crippen LogP contribution in [0.1, 0.15) is 12.8 Å². The lowest BCUT2D eigenvalue weighted by molar-refractivity contribution is -0.157. The molecule has 24 heavy (non-hydrogen) atoms. The number of carbonyl (C=O) groups is 1. The summed E-state index contributed by atoms with van der Waals surface area (Å²) in [6, 6.07) is 3.96. The highest BCUT2D eigenvalue weighted by atomic mass is 35.5. The van der Waals surface area contributed by atoms with Gasteiger partial charge in [0, 0.05) is 19.1 Å². The highest BCUT2D eigenvalue weighted by molar-refractivity contribution is 6.29. The van der Waals surface area contributed by atoms with Gasteiger partial charge in [0.1, 0.15) is 5.82 Å². The molecule has 0 aromatic carbocycles. The smallest absolute Gasteiger partial charge is 0.254 e. The third-order valence-electron chi connectivity index (χ3n) is 5.14. The van der Waals surface area contributed by atoms with Crippen molar-refractivity contribution in [3.63, 3.8) is 0 Å². The molecule has 3 aliphatic rings. The molecule has 8 heteroatoms. The molecular weight excluding hydrogens is 332 g/mol. The van der Waals surface area contributed by atoms with Crippen LogP contribution in [-0.2, 0) is 14.3 Å². The summed E-state index contributed by atoms with van der Waals surface area (Å²) in [5.74, 6) is 1.91. The first-order valence-corrected chi connectivity index (χ1v) is 8.81. The lowest BCUT2D eigenvalue weighted by Gasteiger charge is -2.27. The second-order valence-electron chi connectivity index (χ2n) is 6.75. The average Bonchev–Trinajstić information content (AvgIpc) is 3.15. The Bertz CT molecular complexity index is 579. The van der Waals surface area contributed by atoms with Crippen LogP contribution in [0.4, 0.5) is 5.82 Å². The van der Waals surface area contributed by atoms with Crippen molar-refractivity contribution in [2.45, 2.75) is 25.0 Å². The number of hydrogen-bond acceptors (Lipinski definition) is 6. The highest BCUT2D eigenvalue weighted by Crippen LogP contribution is 2.39. The number of fused-ring (bicyclic) bond motifs is 1. The van der Waals surface area contributed by atoms with Crippen LogP contribution in [0.15, 0.2) is 12.1 Å². The van der Waals surface area contributed by atoms with Crippen molar-refractivity contribution >= 4 is 23.3 Å². The first-order chi connectivity index (χ1) is 11.7. The Morgan fingerprint density at radius 3 is 2.62 bits per heavy atom. The van der Waals surface area contributed by atoms with E-state index in [1.165, 1.54) is 0 Å². The van der Waals surface area contributed by atoms with Gasteiger partial charge in [0.15, 0.2) is 11.3 Å². The number of ether oxygens (including phenoxy) is 2. The number of nitrogens with zero attached hydrogens (tertiary/aromatic N) is 3. The summed E-state index contributed by atoms with van der Waals surface area (Å²) in [6.45, 7) is 3.09. The fourth-order valence-electron chi connectivity index (χ4n) is 4.03. The van der Waals surface area contributed by atoms with E-state index in [2.05, 4.69) is 15.5 Å². The molecule has 2 aliphatic heterocycles. The summed E-state index contributed by atoms with van der Waals surface area (Å²) < 4.78 is 10.9. The zero-order chi connectivity index (χ0) is 16.5. The number of nitrogens with one attached hydrogen (secondary N) is 1. The molecule has 1 aliphatic carbocycles. The summed E-state index contributed by atoms with van der Waals surface area (Å²) in [5, 5.41) is 11.7. The number of carbonyl (C=O) groups excluding carboxylic acids is 1. The first-order valence-electron chi connectivity index (χ1n) is 8.43. The van der Waals surface area contributed by atoms with Crippen molar-refractivity contribution in [3.8, 4) is 0 Å². The van der Waals surface area contributed by atoms with Crippen molar-refractivity contribution < 1.29 is 14.3 Å². The standard InChI is InChI=1S/C16H21ClN4O3/c17-14-1-2-15(20-19-14)18-12-5-10-7-21(8-11(10)6-12)16(22)13-9-23-3-4-24-13/h1-2,10-13H,3-9H2,(H,18,20)/t10-,11?,12?,13+/m1/s1. The van der Waals surface area contributed by atoms with E-state index in [1.807, 2.05) is 11.0 Å². The summed E-state index contributed by atoms with van der Waals surface area (Å²) in [7, 11) is 0. The van der Waals surface area contributed by atoms with Gasteiger partial charge in [0.05, 0.1) is 19.8 Å². The number of rotatable bonds is 3. The molecule has 0 spiro atoms. The fourth-order valence-corrected chi connectivity index (χ4v) is 4.13. The van der Waals surface area contributed by atoms with Gasteiger partial charge in [-0.25, -0.2) is 0 Å². The van der Waals surface area contributed by atoms with Crippen molar-refractivity contribution in [1.82, 2.24) is 15.1 Å². The number of amides is 1. The normalized spacial score (nSPS) is 32.6. The number of anilines is 1. The van der Waals surface area contributed by atoms with Gasteiger partial charge in [0.2, 0.25) is 0 Å². The molecule has 4 rings (SSSR count).